The van der Waals surface area contributed by atoms with E-state index < -0.39 is 5.97 Å². The lowest BCUT2D eigenvalue weighted by atomic mass is 9.91. The first-order valence-electron chi connectivity index (χ1n) is 13.7. The molecule has 1 aliphatic carbocycles. The van der Waals surface area contributed by atoms with E-state index in [2.05, 4.69) is 34.8 Å². The number of anilines is 2. The number of carboxylic acid groups (broad SMARTS) is 1. The molecule has 1 aliphatic rings. The third-order valence-electron chi connectivity index (χ3n) is 7.32. The summed E-state index contributed by atoms with van der Waals surface area (Å²) in [5.41, 5.74) is 4.83. The average Bonchev–Trinajstić information content (AvgIpc) is 3.37. The highest BCUT2D eigenvalue weighted by molar-refractivity contribution is 5.88. The average molecular weight is 542 g/mol. The summed E-state index contributed by atoms with van der Waals surface area (Å²) < 4.78 is 2.05. The Balaban J connectivity index is 1.31. The molecule has 0 saturated heterocycles. The zero-order valence-corrected chi connectivity index (χ0v) is 23.0. The van der Waals surface area contributed by atoms with Crippen molar-refractivity contribution < 1.29 is 14.7 Å². The number of aromatic carboxylic acids is 1. The van der Waals surface area contributed by atoms with Crippen molar-refractivity contribution in [1.82, 2.24) is 24.8 Å². The predicted octanol–water partition coefficient (Wildman–Crippen LogP) is 5.24. The number of amides is 1. The number of carboxylic acids is 1. The maximum absolute atomic E-state index is 11.4. The van der Waals surface area contributed by atoms with Crippen LogP contribution in [0.3, 0.4) is 0 Å². The number of imidazole rings is 1. The molecular formula is C30H35N7O3. The van der Waals surface area contributed by atoms with Gasteiger partial charge in [-0.15, -0.1) is 0 Å². The van der Waals surface area contributed by atoms with E-state index in [1.54, 1.807) is 19.1 Å². The Bertz CT molecular complexity index is 1490. The van der Waals surface area contributed by atoms with E-state index in [1.165, 1.54) is 0 Å². The van der Waals surface area contributed by atoms with Crippen LogP contribution in [0.4, 0.5) is 11.8 Å². The minimum Gasteiger partial charge on any atom is -0.478 e. The molecule has 1 saturated carbocycles. The SMILES string of the molecule is CC(=O)NC1CCC(Nc2nc(NCc3ccc(-c4ccc(C(=O)O)cc4)cc3)c3ncn(C(C)C)c3n2)CC1. The van der Waals surface area contributed by atoms with Gasteiger partial charge in [0.05, 0.1) is 11.9 Å². The molecule has 208 valence electrons. The number of hydrogen-bond acceptors (Lipinski definition) is 7. The van der Waals surface area contributed by atoms with Crippen LogP contribution in [0.1, 0.15) is 68.4 Å². The fraction of sp³-hybridized carbons (Fsp3) is 0.367. The quantitative estimate of drug-likeness (QED) is 0.226. The van der Waals surface area contributed by atoms with Crippen LogP contribution in [0.5, 0.6) is 0 Å². The van der Waals surface area contributed by atoms with Crippen molar-refractivity contribution in [3.05, 3.63) is 66.0 Å². The second-order valence-electron chi connectivity index (χ2n) is 10.6. The molecule has 0 spiro atoms. The third kappa shape index (κ3) is 6.22. The van der Waals surface area contributed by atoms with E-state index in [9.17, 15) is 9.59 Å². The Morgan fingerprint density at radius 1 is 0.950 bits per heavy atom. The Morgan fingerprint density at radius 2 is 1.57 bits per heavy atom. The lowest BCUT2D eigenvalue weighted by Crippen LogP contribution is -2.39. The summed E-state index contributed by atoms with van der Waals surface area (Å²) in [6.07, 6.45) is 5.53. The van der Waals surface area contributed by atoms with Gasteiger partial charge in [-0.1, -0.05) is 36.4 Å². The van der Waals surface area contributed by atoms with Gasteiger partial charge in [-0.25, -0.2) is 9.78 Å². The lowest BCUT2D eigenvalue weighted by Gasteiger charge is -2.29. The summed E-state index contributed by atoms with van der Waals surface area (Å²) in [5.74, 6) is 0.331. The van der Waals surface area contributed by atoms with Gasteiger partial charge < -0.3 is 25.6 Å². The number of rotatable bonds is 9. The molecule has 4 aromatic rings. The Kier molecular flexibility index (Phi) is 7.95. The van der Waals surface area contributed by atoms with E-state index in [0.717, 1.165) is 53.5 Å². The summed E-state index contributed by atoms with van der Waals surface area (Å²) >= 11 is 0. The largest absolute Gasteiger partial charge is 0.478 e. The number of carbonyl (C=O) groups is 2. The highest BCUT2D eigenvalue weighted by Crippen LogP contribution is 2.27. The van der Waals surface area contributed by atoms with Crippen LogP contribution >= 0.6 is 0 Å². The van der Waals surface area contributed by atoms with Gasteiger partial charge in [0, 0.05) is 31.6 Å². The maximum atomic E-state index is 11.4. The van der Waals surface area contributed by atoms with Gasteiger partial charge in [0.25, 0.3) is 0 Å². The van der Waals surface area contributed by atoms with Crippen molar-refractivity contribution in [1.29, 1.82) is 0 Å². The van der Waals surface area contributed by atoms with Crippen molar-refractivity contribution in [2.75, 3.05) is 10.6 Å². The topological polar surface area (TPSA) is 134 Å². The van der Waals surface area contributed by atoms with Gasteiger partial charge >= 0.3 is 5.97 Å². The van der Waals surface area contributed by atoms with Crippen LogP contribution < -0.4 is 16.0 Å². The zero-order valence-electron chi connectivity index (χ0n) is 23.0. The van der Waals surface area contributed by atoms with Crippen LogP contribution in [0.25, 0.3) is 22.3 Å². The van der Waals surface area contributed by atoms with E-state index in [4.69, 9.17) is 15.1 Å². The van der Waals surface area contributed by atoms with Crippen LogP contribution in [0, 0.1) is 0 Å². The summed E-state index contributed by atoms with van der Waals surface area (Å²) in [6, 6.07) is 15.7. The number of fused-ring (bicyclic) bond motifs is 1. The molecule has 10 nitrogen and oxygen atoms in total. The first kappa shape index (κ1) is 27.1. The van der Waals surface area contributed by atoms with Crippen LogP contribution in [-0.2, 0) is 11.3 Å². The second kappa shape index (κ2) is 11.7. The smallest absolute Gasteiger partial charge is 0.335 e. The van der Waals surface area contributed by atoms with Crippen molar-refractivity contribution in [3.8, 4) is 11.1 Å². The lowest BCUT2D eigenvalue weighted by molar-refractivity contribution is -0.119. The molecule has 5 rings (SSSR count). The van der Waals surface area contributed by atoms with Gasteiger partial charge in [0.2, 0.25) is 11.9 Å². The van der Waals surface area contributed by atoms with Crippen molar-refractivity contribution in [2.24, 2.45) is 0 Å². The molecule has 0 radical (unpaired) electrons. The molecule has 1 fully saturated rings. The highest BCUT2D eigenvalue weighted by atomic mass is 16.4. The predicted molar refractivity (Wildman–Crippen MR) is 155 cm³/mol. The normalized spacial score (nSPS) is 17.1. The van der Waals surface area contributed by atoms with Gasteiger partial charge in [0.1, 0.15) is 0 Å². The van der Waals surface area contributed by atoms with Gasteiger partial charge in [-0.05, 0) is 68.4 Å². The van der Waals surface area contributed by atoms with E-state index in [0.29, 0.717) is 18.3 Å². The monoisotopic (exact) mass is 541 g/mol. The van der Waals surface area contributed by atoms with E-state index >= 15 is 0 Å². The van der Waals surface area contributed by atoms with Crippen molar-refractivity contribution in [3.63, 3.8) is 0 Å². The Labute approximate surface area is 233 Å². The number of hydrogen-bond donors (Lipinski definition) is 4. The molecule has 10 heteroatoms. The summed E-state index contributed by atoms with van der Waals surface area (Å²) in [4.78, 5) is 36.8. The molecular weight excluding hydrogens is 506 g/mol. The minimum atomic E-state index is -0.933. The molecule has 0 atom stereocenters. The number of nitrogens with zero attached hydrogens (tertiary/aromatic N) is 4. The molecule has 4 N–H and O–H groups in total. The molecule has 40 heavy (non-hydrogen) atoms. The molecule has 0 bridgehead atoms. The van der Waals surface area contributed by atoms with Crippen LogP contribution in [0.2, 0.25) is 0 Å². The van der Waals surface area contributed by atoms with E-state index in [-0.39, 0.29) is 29.6 Å². The van der Waals surface area contributed by atoms with Gasteiger partial charge in [-0.3, -0.25) is 4.79 Å². The molecule has 0 aliphatic heterocycles. The fourth-order valence-electron chi connectivity index (χ4n) is 5.14. The Morgan fingerprint density at radius 3 is 2.17 bits per heavy atom. The summed E-state index contributed by atoms with van der Waals surface area (Å²) in [7, 11) is 0. The number of carbonyl (C=O) groups excluding carboxylic acids is 1. The van der Waals surface area contributed by atoms with E-state index in [1.807, 2.05) is 47.3 Å². The fourth-order valence-corrected chi connectivity index (χ4v) is 5.14. The molecule has 2 aromatic carbocycles. The number of aromatic nitrogens is 4. The second-order valence-corrected chi connectivity index (χ2v) is 10.6. The van der Waals surface area contributed by atoms with Crippen LogP contribution in [0.15, 0.2) is 54.9 Å². The molecule has 0 unspecified atom stereocenters. The van der Waals surface area contributed by atoms with Gasteiger partial charge in [0.15, 0.2) is 17.0 Å². The Hall–Kier alpha value is -4.47. The zero-order chi connectivity index (χ0) is 28.2. The number of nitrogens with one attached hydrogen (secondary N) is 3. The summed E-state index contributed by atoms with van der Waals surface area (Å²) in [6.45, 7) is 6.32. The highest BCUT2D eigenvalue weighted by Gasteiger charge is 2.23. The first-order valence-corrected chi connectivity index (χ1v) is 13.7. The maximum Gasteiger partial charge on any atom is 0.335 e. The molecule has 2 heterocycles. The number of benzene rings is 2. The third-order valence-corrected chi connectivity index (χ3v) is 7.32. The molecule has 2 aromatic heterocycles. The summed E-state index contributed by atoms with van der Waals surface area (Å²) in [5, 5.41) is 19.1. The molecule has 1 amide bonds. The van der Waals surface area contributed by atoms with Crippen molar-refractivity contribution >= 4 is 34.8 Å². The van der Waals surface area contributed by atoms with Crippen LogP contribution in [-0.4, -0.2) is 48.6 Å². The first-order chi connectivity index (χ1) is 19.3. The minimum absolute atomic E-state index is 0.0203. The van der Waals surface area contributed by atoms with Crippen molar-refractivity contribution in [2.45, 2.75) is 71.1 Å². The van der Waals surface area contributed by atoms with Gasteiger partial charge in [-0.2, -0.15) is 9.97 Å². The standard InChI is InChI=1S/C30H35N7O3/c1-18(2)37-17-32-26-27(35-30(36-28(26)37)34-25-14-12-24(13-15-25)33-19(3)38)31-16-20-4-6-21(7-5-20)22-8-10-23(11-9-22)29(39)40/h4-11,17-18,24-25H,12-16H2,1-3H3,(H,33,38)(H,39,40)(H2,31,34,35,36).